The summed E-state index contributed by atoms with van der Waals surface area (Å²) in [6, 6.07) is 12.2. The van der Waals surface area contributed by atoms with Crippen LogP contribution in [0.15, 0.2) is 47.4 Å². The Hall–Kier alpha value is -2.61. The topological polar surface area (TPSA) is 87.0 Å². The maximum Gasteiger partial charge on any atom is 0.272 e. The largest absolute Gasteiger partial charge is 0.369 e. The molecule has 1 saturated heterocycles. The summed E-state index contributed by atoms with van der Waals surface area (Å²) in [7, 11) is -4.02. The molecule has 0 saturated carbocycles. The maximum absolute atomic E-state index is 13.8. The van der Waals surface area contributed by atoms with Gasteiger partial charge in [-0.2, -0.15) is 4.31 Å². The van der Waals surface area contributed by atoms with Gasteiger partial charge >= 0.3 is 0 Å². The van der Waals surface area contributed by atoms with Crippen molar-refractivity contribution in [1.82, 2.24) is 4.31 Å². The Labute approximate surface area is 203 Å². The van der Waals surface area contributed by atoms with E-state index in [-0.39, 0.29) is 29.2 Å². The van der Waals surface area contributed by atoms with Crippen LogP contribution in [0.3, 0.4) is 0 Å². The molecule has 0 N–H and O–H groups in total. The van der Waals surface area contributed by atoms with Gasteiger partial charge in [-0.25, -0.2) is 8.42 Å². The summed E-state index contributed by atoms with van der Waals surface area (Å²) >= 11 is 3.41. The van der Waals surface area contributed by atoms with E-state index in [1.165, 1.54) is 10.4 Å². The van der Waals surface area contributed by atoms with Crippen molar-refractivity contribution in [1.29, 1.82) is 0 Å². The van der Waals surface area contributed by atoms with Gasteiger partial charge in [0.15, 0.2) is 0 Å². The lowest BCUT2D eigenvalue weighted by molar-refractivity contribution is -0.385. The molecule has 8 nitrogen and oxygen atoms in total. The Morgan fingerprint density at radius 3 is 2.36 bits per heavy atom. The number of anilines is 2. The summed E-state index contributed by atoms with van der Waals surface area (Å²) in [5.41, 5.74) is 1.27. The molecule has 0 aromatic heterocycles. The molecule has 3 rings (SSSR count). The number of nitro groups is 1. The number of piperazine rings is 1. The predicted molar refractivity (Wildman–Crippen MR) is 135 cm³/mol. The van der Waals surface area contributed by atoms with Crippen LogP contribution in [-0.4, -0.2) is 62.2 Å². The van der Waals surface area contributed by atoms with Crippen LogP contribution in [0.25, 0.3) is 0 Å². The van der Waals surface area contributed by atoms with Gasteiger partial charge in [0.1, 0.15) is 4.90 Å². The number of alkyl halides is 1. The zero-order chi connectivity index (χ0) is 24.0. The normalized spacial score (nSPS) is 14.6. The summed E-state index contributed by atoms with van der Waals surface area (Å²) < 4.78 is 29.0. The molecule has 1 aliphatic heterocycles. The minimum Gasteiger partial charge on any atom is -0.369 e. The number of rotatable bonds is 9. The monoisotopic (exact) mass is 534 g/mol. The SMILES string of the molecule is C#Cc1cc([N+](=O)[O-])cc(S(=O)(=O)N2CCN(c3ccccc3)CC2)c1N(CCC)CCBr. The molecule has 10 heteroatoms. The van der Waals surface area contributed by atoms with Crippen molar-refractivity contribution in [2.45, 2.75) is 18.2 Å². The lowest BCUT2D eigenvalue weighted by Gasteiger charge is -2.36. The van der Waals surface area contributed by atoms with Crippen LogP contribution in [0, 0.1) is 22.5 Å². The first-order valence-electron chi connectivity index (χ1n) is 10.7. The maximum atomic E-state index is 13.8. The van der Waals surface area contributed by atoms with E-state index < -0.39 is 14.9 Å². The van der Waals surface area contributed by atoms with Crippen molar-refractivity contribution >= 4 is 43.0 Å². The second-order valence-electron chi connectivity index (χ2n) is 7.64. The van der Waals surface area contributed by atoms with Crippen LogP contribution in [0.1, 0.15) is 18.9 Å². The number of benzene rings is 2. The predicted octanol–water partition coefficient (Wildman–Crippen LogP) is 3.70. The molecular formula is C23H27BrN4O4S. The average molecular weight is 535 g/mol. The second-order valence-corrected chi connectivity index (χ2v) is 10.3. The lowest BCUT2D eigenvalue weighted by Crippen LogP contribution is -2.49. The summed E-state index contributed by atoms with van der Waals surface area (Å²) in [6.07, 6.45) is 6.46. The van der Waals surface area contributed by atoms with Gasteiger partial charge in [-0.15, -0.1) is 6.42 Å². The van der Waals surface area contributed by atoms with Crippen LogP contribution in [0.2, 0.25) is 0 Å². The average Bonchev–Trinajstić information content (AvgIpc) is 2.83. The van der Waals surface area contributed by atoms with Crippen LogP contribution >= 0.6 is 15.9 Å². The minimum absolute atomic E-state index is 0.104. The Morgan fingerprint density at radius 2 is 1.82 bits per heavy atom. The molecule has 1 aliphatic rings. The van der Waals surface area contributed by atoms with Gasteiger partial charge in [0.25, 0.3) is 5.69 Å². The van der Waals surface area contributed by atoms with E-state index in [0.29, 0.717) is 37.2 Å². The fraction of sp³-hybridized carbons (Fsp3) is 0.391. The minimum atomic E-state index is -4.02. The highest BCUT2D eigenvalue weighted by Crippen LogP contribution is 2.36. The summed E-state index contributed by atoms with van der Waals surface area (Å²) in [5.74, 6) is 2.48. The van der Waals surface area contributed by atoms with Gasteiger partial charge in [-0.1, -0.05) is 47.0 Å². The van der Waals surface area contributed by atoms with Crippen LogP contribution in [0.5, 0.6) is 0 Å². The zero-order valence-electron chi connectivity index (χ0n) is 18.5. The van der Waals surface area contributed by atoms with E-state index in [1.807, 2.05) is 42.2 Å². The molecule has 33 heavy (non-hydrogen) atoms. The number of nitrogens with zero attached hydrogens (tertiary/aromatic N) is 4. The molecule has 0 aliphatic carbocycles. The molecule has 2 aromatic carbocycles. The molecule has 0 amide bonds. The Balaban J connectivity index is 2.03. The van der Waals surface area contributed by atoms with E-state index in [9.17, 15) is 18.5 Å². The molecule has 1 fully saturated rings. The van der Waals surface area contributed by atoms with Crippen LogP contribution < -0.4 is 9.80 Å². The summed E-state index contributed by atoms with van der Waals surface area (Å²) in [5, 5.41) is 12.2. The first-order valence-corrected chi connectivity index (χ1v) is 13.3. The van der Waals surface area contributed by atoms with Gasteiger partial charge in [0, 0.05) is 62.4 Å². The molecule has 0 radical (unpaired) electrons. The number of nitro benzene ring substituents is 1. The van der Waals surface area contributed by atoms with E-state index in [0.717, 1.165) is 18.2 Å². The third kappa shape index (κ3) is 5.49. The molecule has 2 aromatic rings. The number of hydrogen-bond acceptors (Lipinski definition) is 6. The first kappa shape index (κ1) is 25.0. The molecular weight excluding hydrogens is 508 g/mol. The number of halogens is 1. The van der Waals surface area contributed by atoms with E-state index in [1.54, 1.807) is 0 Å². The van der Waals surface area contributed by atoms with Gasteiger partial charge in [0.05, 0.1) is 16.2 Å². The summed E-state index contributed by atoms with van der Waals surface area (Å²) in [4.78, 5) is 14.9. The number of terminal acetylenes is 1. The molecule has 0 bridgehead atoms. The molecule has 1 heterocycles. The molecule has 176 valence electrons. The lowest BCUT2D eigenvalue weighted by atomic mass is 10.1. The Bertz CT molecular complexity index is 1120. The number of sulfonamides is 1. The molecule has 0 unspecified atom stereocenters. The van der Waals surface area contributed by atoms with Crippen molar-refractivity contribution in [3.8, 4) is 12.3 Å². The Kier molecular flexibility index (Phi) is 8.35. The Morgan fingerprint density at radius 1 is 1.15 bits per heavy atom. The van der Waals surface area contributed by atoms with Crippen LogP contribution in [0.4, 0.5) is 17.1 Å². The van der Waals surface area contributed by atoms with Gasteiger partial charge in [-0.05, 0) is 18.6 Å². The van der Waals surface area contributed by atoms with Gasteiger partial charge in [-0.3, -0.25) is 10.1 Å². The van der Waals surface area contributed by atoms with E-state index >= 15 is 0 Å². The van der Waals surface area contributed by atoms with E-state index in [4.69, 9.17) is 6.42 Å². The number of non-ortho nitro benzene ring substituents is 1. The van der Waals surface area contributed by atoms with Crippen molar-refractivity contribution in [3.63, 3.8) is 0 Å². The highest BCUT2D eigenvalue weighted by Gasteiger charge is 2.34. The second kappa shape index (κ2) is 11.0. The quantitative estimate of drug-likeness (QED) is 0.211. The van der Waals surface area contributed by atoms with Crippen molar-refractivity contribution in [2.24, 2.45) is 0 Å². The fourth-order valence-corrected chi connectivity index (χ4v) is 6.11. The van der Waals surface area contributed by atoms with Crippen molar-refractivity contribution < 1.29 is 13.3 Å². The highest BCUT2D eigenvalue weighted by atomic mass is 79.9. The molecule has 0 spiro atoms. The number of para-hydroxylation sites is 1. The third-order valence-electron chi connectivity index (χ3n) is 5.57. The molecule has 0 atom stereocenters. The van der Waals surface area contributed by atoms with Crippen LogP contribution in [-0.2, 0) is 10.0 Å². The highest BCUT2D eigenvalue weighted by molar-refractivity contribution is 9.09. The number of hydrogen-bond donors (Lipinski definition) is 0. The smallest absolute Gasteiger partial charge is 0.272 e. The fourth-order valence-electron chi connectivity index (χ4n) is 4.00. The third-order valence-corrected chi connectivity index (χ3v) is 7.83. The van der Waals surface area contributed by atoms with Gasteiger partial charge in [0.2, 0.25) is 10.0 Å². The van der Waals surface area contributed by atoms with E-state index in [2.05, 4.69) is 26.8 Å². The summed E-state index contributed by atoms with van der Waals surface area (Å²) in [6.45, 7) is 4.67. The van der Waals surface area contributed by atoms with Gasteiger partial charge < -0.3 is 9.80 Å². The first-order chi connectivity index (χ1) is 15.8. The zero-order valence-corrected chi connectivity index (χ0v) is 20.9. The van der Waals surface area contributed by atoms with Crippen molar-refractivity contribution in [3.05, 3.63) is 58.1 Å². The van der Waals surface area contributed by atoms with Crippen molar-refractivity contribution in [2.75, 3.05) is 54.4 Å². The standard InChI is InChI=1S/C23H27BrN4O4S/c1-3-11-26(12-10-24)23-19(4-2)17-21(28(29)30)18-22(23)33(31,32)27-15-13-25(14-16-27)20-8-6-5-7-9-20/h2,5-9,17-18H,3,10-16H2,1H3.